The number of carbonyl (C=O) groups excluding carboxylic acids is 3. The second-order valence-corrected chi connectivity index (χ2v) is 6.96. The van der Waals surface area contributed by atoms with Crippen molar-refractivity contribution < 1.29 is 38.1 Å². The van der Waals surface area contributed by atoms with Gasteiger partial charge in [0.2, 0.25) is 5.75 Å². The Labute approximate surface area is 175 Å². The van der Waals surface area contributed by atoms with E-state index in [2.05, 4.69) is 10.1 Å². The molecule has 0 unspecified atom stereocenters. The number of amides is 1. The molecule has 0 saturated heterocycles. The fourth-order valence-electron chi connectivity index (χ4n) is 2.80. The van der Waals surface area contributed by atoms with Gasteiger partial charge in [0.15, 0.2) is 18.1 Å². The first-order chi connectivity index (χ1) is 14.3. The summed E-state index contributed by atoms with van der Waals surface area (Å²) in [5.41, 5.74) is 0.639. The summed E-state index contributed by atoms with van der Waals surface area (Å²) in [6.07, 6.45) is 3.11. The van der Waals surface area contributed by atoms with E-state index < -0.39 is 30.5 Å². The molecule has 0 bridgehead atoms. The van der Waals surface area contributed by atoms with Crippen LogP contribution in [0.4, 0.5) is 0 Å². The van der Waals surface area contributed by atoms with Crippen LogP contribution in [-0.4, -0.2) is 57.9 Å². The standard InChI is InChI=1S/C21H27NO8/c1-13(2)9-15(21(25)27-4)22-18(23)12-30-19(24)6-5-14-10-16(26-3)20-17(11-14)28-7-8-29-20/h5-6,10-11,13,15H,7-9,12H2,1-4H3,(H,22,23)/b6-5+/t15-/m0/s1. The number of benzene rings is 1. The third-order valence-electron chi connectivity index (χ3n) is 4.14. The lowest BCUT2D eigenvalue weighted by Crippen LogP contribution is -2.44. The summed E-state index contributed by atoms with van der Waals surface area (Å²) in [5.74, 6) is -0.155. The Morgan fingerprint density at radius 3 is 2.57 bits per heavy atom. The molecule has 0 saturated carbocycles. The van der Waals surface area contributed by atoms with Crippen LogP contribution in [0.3, 0.4) is 0 Å². The van der Waals surface area contributed by atoms with Crippen LogP contribution < -0.4 is 19.5 Å². The Bertz CT molecular complexity index is 785. The van der Waals surface area contributed by atoms with Gasteiger partial charge in [-0.15, -0.1) is 0 Å². The molecule has 164 valence electrons. The Kier molecular flexibility index (Phi) is 8.52. The van der Waals surface area contributed by atoms with Gasteiger partial charge in [0.1, 0.15) is 19.3 Å². The molecule has 1 N–H and O–H groups in total. The van der Waals surface area contributed by atoms with Crippen molar-refractivity contribution in [2.45, 2.75) is 26.3 Å². The van der Waals surface area contributed by atoms with E-state index >= 15 is 0 Å². The minimum absolute atomic E-state index is 0.169. The van der Waals surface area contributed by atoms with Crippen LogP contribution in [0.2, 0.25) is 0 Å². The van der Waals surface area contributed by atoms with Gasteiger partial charge in [-0.1, -0.05) is 13.8 Å². The maximum atomic E-state index is 12.0. The number of methoxy groups -OCH3 is 2. The molecule has 0 spiro atoms. The lowest BCUT2D eigenvalue weighted by molar-refractivity contribution is -0.148. The molecule has 1 aromatic rings. The van der Waals surface area contributed by atoms with Gasteiger partial charge >= 0.3 is 11.9 Å². The third kappa shape index (κ3) is 6.68. The van der Waals surface area contributed by atoms with Gasteiger partial charge in [-0.25, -0.2) is 9.59 Å². The van der Waals surface area contributed by atoms with E-state index in [0.717, 1.165) is 0 Å². The number of fused-ring (bicyclic) bond motifs is 1. The molecule has 1 amide bonds. The van der Waals surface area contributed by atoms with Crippen molar-refractivity contribution in [1.82, 2.24) is 5.32 Å². The summed E-state index contributed by atoms with van der Waals surface area (Å²) in [6, 6.07) is 2.61. The molecule has 1 aromatic carbocycles. The van der Waals surface area contributed by atoms with Crippen molar-refractivity contribution >= 4 is 23.9 Å². The first kappa shape index (κ1) is 23.1. The Balaban J connectivity index is 1.91. The van der Waals surface area contributed by atoms with Crippen molar-refractivity contribution in [2.75, 3.05) is 34.0 Å². The predicted molar refractivity (Wildman–Crippen MR) is 107 cm³/mol. The number of hydrogen-bond donors (Lipinski definition) is 1. The van der Waals surface area contributed by atoms with E-state index in [4.69, 9.17) is 18.9 Å². The van der Waals surface area contributed by atoms with Gasteiger partial charge in [-0.3, -0.25) is 4.79 Å². The molecule has 30 heavy (non-hydrogen) atoms. The largest absolute Gasteiger partial charge is 0.493 e. The zero-order chi connectivity index (χ0) is 22.1. The second-order valence-electron chi connectivity index (χ2n) is 6.96. The molecule has 0 radical (unpaired) electrons. The summed E-state index contributed by atoms with van der Waals surface area (Å²) >= 11 is 0. The fourth-order valence-corrected chi connectivity index (χ4v) is 2.80. The maximum Gasteiger partial charge on any atom is 0.331 e. The molecular formula is C21H27NO8. The molecule has 2 rings (SSSR count). The van der Waals surface area contributed by atoms with Crippen LogP contribution in [0.1, 0.15) is 25.8 Å². The van der Waals surface area contributed by atoms with Crippen molar-refractivity contribution in [3.05, 3.63) is 23.8 Å². The first-order valence-corrected chi connectivity index (χ1v) is 9.53. The summed E-state index contributed by atoms with van der Waals surface area (Å²) in [6.45, 7) is 4.17. The minimum Gasteiger partial charge on any atom is -0.493 e. The highest BCUT2D eigenvalue weighted by atomic mass is 16.6. The Morgan fingerprint density at radius 1 is 1.17 bits per heavy atom. The van der Waals surface area contributed by atoms with Crippen LogP contribution in [-0.2, 0) is 23.9 Å². The lowest BCUT2D eigenvalue weighted by Gasteiger charge is -2.20. The topological polar surface area (TPSA) is 109 Å². The monoisotopic (exact) mass is 421 g/mol. The van der Waals surface area contributed by atoms with Crippen molar-refractivity contribution in [2.24, 2.45) is 5.92 Å². The first-order valence-electron chi connectivity index (χ1n) is 9.53. The van der Waals surface area contributed by atoms with Gasteiger partial charge < -0.3 is 29.0 Å². The normalized spacial score (nSPS) is 13.6. The Morgan fingerprint density at radius 2 is 1.90 bits per heavy atom. The molecule has 9 heteroatoms. The number of hydrogen-bond acceptors (Lipinski definition) is 8. The molecule has 9 nitrogen and oxygen atoms in total. The number of nitrogens with one attached hydrogen (secondary N) is 1. The van der Waals surface area contributed by atoms with Crippen LogP contribution in [0, 0.1) is 5.92 Å². The summed E-state index contributed by atoms with van der Waals surface area (Å²) in [4.78, 5) is 35.7. The van der Waals surface area contributed by atoms with E-state index in [1.165, 1.54) is 26.4 Å². The zero-order valence-electron chi connectivity index (χ0n) is 17.6. The minimum atomic E-state index is -0.790. The zero-order valence-corrected chi connectivity index (χ0v) is 17.6. The predicted octanol–water partition coefficient (Wildman–Crippen LogP) is 1.73. The van der Waals surface area contributed by atoms with E-state index in [1.807, 2.05) is 13.8 Å². The molecule has 1 atom stereocenters. The molecular weight excluding hydrogens is 394 g/mol. The van der Waals surface area contributed by atoms with Crippen LogP contribution in [0.25, 0.3) is 6.08 Å². The Hall–Kier alpha value is -3.23. The maximum absolute atomic E-state index is 12.0. The van der Waals surface area contributed by atoms with Gasteiger partial charge in [0.05, 0.1) is 14.2 Å². The van der Waals surface area contributed by atoms with E-state index in [0.29, 0.717) is 42.4 Å². The summed E-state index contributed by atoms with van der Waals surface area (Å²) in [5, 5.41) is 2.52. The fraction of sp³-hybridized carbons (Fsp3) is 0.476. The molecule has 0 aliphatic carbocycles. The smallest absolute Gasteiger partial charge is 0.331 e. The molecule has 1 aliphatic rings. The molecule has 1 aliphatic heterocycles. The number of rotatable bonds is 9. The molecule has 0 aromatic heterocycles. The molecule has 1 heterocycles. The number of carbonyl (C=O) groups is 3. The average molecular weight is 421 g/mol. The van der Waals surface area contributed by atoms with E-state index in [-0.39, 0.29) is 5.92 Å². The average Bonchev–Trinajstić information content (AvgIpc) is 2.74. The quantitative estimate of drug-likeness (QED) is 0.474. The second kappa shape index (κ2) is 11.1. The van der Waals surface area contributed by atoms with Crippen molar-refractivity contribution in [3.63, 3.8) is 0 Å². The molecule has 0 fully saturated rings. The van der Waals surface area contributed by atoms with E-state index in [1.54, 1.807) is 12.1 Å². The van der Waals surface area contributed by atoms with Gasteiger partial charge in [0, 0.05) is 6.08 Å². The highest BCUT2D eigenvalue weighted by molar-refractivity contribution is 5.90. The van der Waals surface area contributed by atoms with Crippen LogP contribution in [0.5, 0.6) is 17.2 Å². The van der Waals surface area contributed by atoms with Crippen molar-refractivity contribution in [3.8, 4) is 17.2 Å². The van der Waals surface area contributed by atoms with E-state index in [9.17, 15) is 14.4 Å². The third-order valence-corrected chi connectivity index (χ3v) is 4.14. The summed E-state index contributed by atoms with van der Waals surface area (Å²) < 4.78 is 26.0. The lowest BCUT2D eigenvalue weighted by atomic mass is 10.0. The van der Waals surface area contributed by atoms with Crippen LogP contribution >= 0.6 is 0 Å². The number of ether oxygens (including phenoxy) is 5. The SMILES string of the molecule is COC(=O)[C@H](CC(C)C)NC(=O)COC(=O)/C=C/c1cc(OC)c2c(c1)OCCO2. The van der Waals surface area contributed by atoms with Gasteiger partial charge in [-0.05, 0) is 36.1 Å². The number of esters is 2. The summed E-state index contributed by atoms with van der Waals surface area (Å²) in [7, 11) is 2.76. The highest BCUT2D eigenvalue weighted by Gasteiger charge is 2.23. The van der Waals surface area contributed by atoms with Gasteiger partial charge in [0.25, 0.3) is 5.91 Å². The highest BCUT2D eigenvalue weighted by Crippen LogP contribution is 2.40. The van der Waals surface area contributed by atoms with Crippen LogP contribution in [0.15, 0.2) is 18.2 Å². The van der Waals surface area contributed by atoms with Gasteiger partial charge in [-0.2, -0.15) is 0 Å². The van der Waals surface area contributed by atoms with Crippen molar-refractivity contribution in [1.29, 1.82) is 0 Å².